The average Bonchev–Trinajstić information content (AvgIpc) is 3.03. The number of aromatic nitrogens is 2. The van der Waals surface area contributed by atoms with Crippen LogP contribution in [0.1, 0.15) is 27.0 Å². The Bertz CT molecular complexity index is 641. The normalized spacial score (nSPS) is 16.9. The van der Waals surface area contributed by atoms with E-state index in [2.05, 4.69) is 31.9 Å². The summed E-state index contributed by atoms with van der Waals surface area (Å²) in [6.45, 7) is 5.56. The van der Waals surface area contributed by atoms with Crippen LogP contribution in [0.3, 0.4) is 0 Å². The van der Waals surface area contributed by atoms with E-state index in [9.17, 15) is 4.79 Å². The first kappa shape index (κ1) is 16.0. The third-order valence-corrected chi connectivity index (χ3v) is 4.81. The van der Waals surface area contributed by atoms with E-state index in [1.54, 1.807) is 6.92 Å². The van der Waals surface area contributed by atoms with E-state index in [0.717, 1.165) is 37.8 Å². The molecule has 0 radical (unpaired) electrons. The zero-order valence-electron chi connectivity index (χ0n) is 13.1. The molecule has 1 aliphatic rings. The van der Waals surface area contributed by atoms with Gasteiger partial charge in [-0.05, 0) is 24.0 Å². The number of ether oxygens (including phenoxy) is 1. The third-order valence-electron chi connectivity index (χ3n) is 3.98. The van der Waals surface area contributed by atoms with Gasteiger partial charge in [-0.3, -0.25) is 9.69 Å². The zero-order chi connectivity index (χ0) is 16.1. The molecular weight excluding hydrogens is 312 g/mol. The third kappa shape index (κ3) is 3.93. The van der Waals surface area contributed by atoms with Crippen molar-refractivity contribution >= 4 is 17.4 Å². The molecule has 23 heavy (non-hydrogen) atoms. The number of morpholine rings is 1. The lowest BCUT2D eigenvalue weighted by atomic mass is 10.0. The predicted octanol–water partition coefficient (Wildman–Crippen LogP) is 1.65. The Morgan fingerprint density at radius 3 is 2.74 bits per heavy atom. The minimum atomic E-state index is -0.105. The van der Waals surface area contributed by atoms with Crippen molar-refractivity contribution in [2.75, 3.05) is 32.8 Å². The van der Waals surface area contributed by atoms with Gasteiger partial charge in [0.05, 0.1) is 24.9 Å². The number of carbonyl (C=O) groups excluding carboxylic acids is 1. The number of hydrogen-bond acceptors (Lipinski definition) is 6. The van der Waals surface area contributed by atoms with E-state index in [4.69, 9.17) is 4.74 Å². The molecule has 3 rings (SSSR count). The SMILES string of the molecule is Cc1nnsc1C(=O)NCC(c1ccccc1)N1CCOCC1. The van der Waals surface area contributed by atoms with Crippen molar-refractivity contribution in [1.82, 2.24) is 19.8 Å². The Labute approximate surface area is 139 Å². The largest absolute Gasteiger partial charge is 0.379 e. The standard InChI is InChI=1S/C16H20N4O2S/c1-12-15(23-19-18-12)16(21)17-11-14(13-5-3-2-4-6-13)20-7-9-22-10-8-20/h2-6,14H,7-11H2,1H3,(H,17,21). The maximum atomic E-state index is 12.3. The van der Waals surface area contributed by atoms with Crippen molar-refractivity contribution in [3.8, 4) is 0 Å². The molecule has 1 aliphatic heterocycles. The molecule has 1 unspecified atom stereocenters. The number of carbonyl (C=O) groups is 1. The summed E-state index contributed by atoms with van der Waals surface area (Å²) in [5, 5.41) is 6.92. The van der Waals surface area contributed by atoms with Gasteiger partial charge in [0.15, 0.2) is 0 Å². The predicted molar refractivity (Wildman–Crippen MR) is 88.6 cm³/mol. The Morgan fingerprint density at radius 1 is 1.35 bits per heavy atom. The van der Waals surface area contributed by atoms with Crippen molar-refractivity contribution in [3.05, 3.63) is 46.5 Å². The van der Waals surface area contributed by atoms with Gasteiger partial charge in [-0.2, -0.15) is 0 Å². The van der Waals surface area contributed by atoms with Crippen molar-refractivity contribution in [2.24, 2.45) is 0 Å². The van der Waals surface area contributed by atoms with Crippen molar-refractivity contribution in [1.29, 1.82) is 0 Å². The van der Waals surface area contributed by atoms with Crippen LogP contribution < -0.4 is 5.32 Å². The molecule has 1 fully saturated rings. The second kappa shape index (κ2) is 7.63. The van der Waals surface area contributed by atoms with Gasteiger partial charge >= 0.3 is 0 Å². The number of rotatable bonds is 5. The summed E-state index contributed by atoms with van der Waals surface area (Å²) in [5.41, 5.74) is 1.88. The fraction of sp³-hybridized carbons (Fsp3) is 0.438. The molecule has 0 aliphatic carbocycles. The minimum absolute atomic E-state index is 0.105. The van der Waals surface area contributed by atoms with E-state index < -0.39 is 0 Å². The van der Waals surface area contributed by atoms with E-state index in [-0.39, 0.29) is 11.9 Å². The molecule has 1 saturated heterocycles. The number of nitrogens with one attached hydrogen (secondary N) is 1. The van der Waals surface area contributed by atoms with Crippen molar-refractivity contribution < 1.29 is 9.53 Å². The van der Waals surface area contributed by atoms with Crippen molar-refractivity contribution in [2.45, 2.75) is 13.0 Å². The smallest absolute Gasteiger partial charge is 0.265 e. The maximum Gasteiger partial charge on any atom is 0.265 e. The molecule has 1 N–H and O–H groups in total. The molecule has 0 saturated carbocycles. The van der Waals surface area contributed by atoms with E-state index >= 15 is 0 Å². The second-order valence-corrected chi connectivity index (χ2v) is 6.23. The fourth-order valence-corrected chi connectivity index (χ4v) is 3.30. The van der Waals surface area contributed by atoms with Gasteiger partial charge in [-0.15, -0.1) is 5.10 Å². The Balaban J connectivity index is 1.71. The highest BCUT2D eigenvalue weighted by atomic mass is 32.1. The van der Waals surface area contributed by atoms with Crippen LogP contribution in [0, 0.1) is 6.92 Å². The molecule has 0 bridgehead atoms. The molecule has 2 heterocycles. The minimum Gasteiger partial charge on any atom is -0.379 e. The van der Waals surface area contributed by atoms with Gasteiger partial charge in [0.1, 0.15) is 4.88 Å². The summed E-state index contributed by atoms with van der Waals surface area (Å²) < 4.78 is 9.26. The van der Waals surface area contributed by atoms with Gasteiger partial charge in [-0.1, -0.05) is 34.8 Å². The zero-order valence-corrected chi connectivity index (χ0v) is 13.9. The summed E-state index contributed by atoms with van der Waals surface area (Å²) in [6.07, 6.45) is 0. The highest BCUT2D eigenvalue weighted by Crippen LogP contribution is 2.21. The first-order chi connectivity index (χ1) is 11.3. The second-order valence-electron chi connectivity index (χ2n) is 5.47. The average molecular weight is 332 g/mol. The highest BCUT2D eigenvalue weighted by Gasteiger charge is 2.24. The highest BCUT2D eigenvalue weighted by molar-refractivity contribution is 7.07. The Kier molecular flexibility index (Phi) is 5.32. The number of nitrogens with zero attached hydrogens (tertiary/aromatic N) is 3. The van der Waals surface area contributed by atoms with Gasteiger partial charge in [0.25, 0.3) is 5.91 Å². The molecule has 0 spiro atoms. The molecule has 1 atom stereocenters. The lowest BCUT2D eigenvalue weighted by Gasteiger charge is -2.34. The number of benzene rings is 1. The van der Waals surface area contributed by atoms with Crippen LogP contribution in [-0.2, 0) is 4.74 Å². The molecule has 7 heteroatoms. The molecular formula is C16H20N4O2S. The van der Waals surface area contributed by atoms with E-state index in [1.807, 2.05) is 18.2 Å². The van der Waals surface area contributed by atoms with Gasteiger partial charge in [0.2, 0.25) is 0 Å². The van der Waals surface area contributed by atoms with Crippen LogP contribution in [0.5, 0.6) is 0 Å². The molecule has 1 amide bonds. The molecule has 6 nitrogen and oxygen atoms in total. The van der Waals surface area contributed by atoms with Crippen LogP contribution in [0.25, 0.3) is 0 Å². The summed E-state index contributed by atoms with van der Waals surface area (Å²) >= 11 is 1.13. The lowest BCUT2D eigenvalue weighted by molar-refractivity contribution is 0.0162. The monoisotopic (exact) mass is 332 g/mol. The van der Waals surface area contributed by atoms with Crippen LogP contribution in [0.15, 0.2) is 30.3 Å². The van der Waals surface area contributed by atoms with Crippen LogP contribution in [0.4, 0.5) is 0 Å². The molecule has 2 aromatic rings. The summed E-state index contributed by atoms with van der Waals surface area (Å²) in [7, 11) is 0. The number of amides is 1. The van der Waals surface area contributed by atoms with E-state index in [0.29, 0.717) is 17.1 Å². The number of hydrogen-bond donors (Lipinski definition) is 1. The number of aryl methyl sites for hydroxylation is 1. The fourth-order valence-electron chi connectivity index (χ4n) is 2.73. The summed E-state index contributed by atoms with van der Waals surface area (Å²) in [5.74, 6) is -0.105. The summed E-state index contributed by atoms with van der Waals surface area (Å²) in [6, 6.07) is 10.4. The first-order valence-corrected chi connectivity index (χ1v) is 8.47. The maximum absolute atomic E-state index is 12.3. The first-order valence-electron chi connectivity index (χ1n) is 7.69. The molecule has 1 aromatic carbocycles. The van der Waals surface area contributed by atoms with Crippen LogP contribution >= 0.6 is 11.5 Å². The molecule has 1 aromatic heterocycles. The van der Waals surface area contributed by atoms with E-state index in [1.165, 1.54) is 5.56 Å². The van der Waals surface area contributed by atoms with Crippen molar-refractivity contribution in [3.63, 3.8) is 0 Å². The van der Waals surface area contributed by atoms with Crippen LogP contribution in [-0.4, -0.2) is 53.2 Å². The summed E-state index contributed by atoms with van der Waals surface area (Å²) in [4.78, 5) is 15.3. The van der Waals surface area contributed by atoms with Gasteiger partial charge in [0, 0.05) is 19.6 Å². The lowest BCUT2D eigenvalue weighted by Crippen LogP contribution is -2.43. The quantitative estimate of drug-likeness (QED) is 0.902. The van der Waals surface area contributed by atoms with Gasteiger partial charge in [-0.25, -0.2) is 0 Å². The Morgan fingerprint density at radius 2 is 2.09 bits per heavy atom. The molecule has 122 valence electrons. The van der Waals surface area contributed by atoms with Crippen LogP contribution in [0.2, 0.25) is 0 Å². The topological polar surface area (TPSA) is 67.4 Å². The Hall–Kier alpha value is -1.83. The van der Waals surface area contributed by atoms with Gasteiger partial charge < -0.3 is 10.1 Å².